The minimum Gasteiger partial charge on any atom is -0.497 e. The second kappa shape index (κ2) is 6.06. The normalized spacial score (nSPS) is 21.6. The van der Waals surface area contributed by atoms with Crippen LogP contribution >= 0.6 is 0 Å². The molecule has 1 amide bonds. The smallest absolute Gasteiger partial charge is 0.236 e. The third-order valence-corrected chi connectivity index (χ3v) is 3.74. The predicted molar refractivity (Wildman–Crippen MR) is 75.5 cm³/mol. The van der Waals surface area contributed by atoms with Gasteiger partial charge in [0.1, 0.15) is 5.75 Å². The zero-order chi connectivity index (χ0) is 13.8. The Kier molecular flexibility index (Phi) is 4.43. The molecule has 0 unspecified atom stereocenters. The molecule has 0 heterocycles. The monoisotopic (exact) mass is 262 g/mol. The van der Waals surface area contributed by atoms with E-state index < -0.39 is 0 Å². The van der Waals surface area contributed by atoms with Gasteiger partial charge in [0.25, 0.3) is 0 Å². The number of benzene rings is 1. The minimum atomic E-state index is 0.129. The fourth-order valence-electron chi connectivity index (χ4n) is 2.34. The average molecular weight is 262 g/mol. The first-order valence-electron chi connectivity index (χ1n) is 6.67. The van der Waals surface area contributed by atoms with Crippen LogP contribution in [-0.4, -0.2) is 44.6 Å². The highest BCUT2D eigenvalue weighted by atomic mass is 16.5. The number of methoxy groups -OCH3 is 1. The molecule has 0 atom stereocenters. The summed E-state index contributed by atoms with van der Waals surface area (Å²) in [5.74, 6) is 1.63. The van der Waals surface area contributed by atoms with E-state index in [0.29, 0.717) is 18.5 Å². The number of hydrogen-bond acceptors (Lipinski definition) is 3. The van der Waals surface area contributed by atoms with Crippen LogP contribution in [0.25, 0.3) is 0 Å². The van der Waals surface area contributed by atoms with Crippen molar-refractivity contribution in [1.29, 1.82) is 0 Å². The van der Waals surface area contributed by atoms with Gasteiger partial charge in [-0.25, -0.2) is 0 Å². The van der Waals surface area contributed by atoms with E-state index in [9.17, 15) is 4.79 Å². The molecule has 0 bridgehead atoms. The van der Waals surface area contributed by atoms with Gasteiger partial charge in [0.15, 0.2) is 0 Å². The van der Waals surface area contributed by atoms with Crippen molar-refractivity contribution in [1.82, 2.24) is 10.2 Å². The Labute approximate surface area is 114 Å². The van der Waals surface area contributed by atoms with Gasteiger partial charge >= 0.3 is 0 Å². The number of carbonyl (C=O) groups is 1. The maximum atomic E-state index is 11.5. The molecule has 1 N–H and O–H groups in total. The maximum Gasteiger partial charge on any atom is 0.236 e. The number of carbonyl (C=O) groups excluding carboxylic acids is 1. The summed E-state index contributed by atoms with van der Waals surface area (Å²) >= 11 is 0. The van der Waals surface area contributed by atoms with Gasteiger partial charge in [0.2, 0.25) is 5.91 Å². The molecule has 1 aliphatic carbocycles. The molecular formula is C15H22N2O2. The summed E-state index contributed by atoms with van der Waals surface area (Å²) < 4.78 is 5.24. The number of amides is 1. The van der Waals surface area contributed by atoms with Crippen LogP contribution in [0.4, 0.5) is 0 Å². The molecule has 0 radical (unpaired) electrons. The van der Waals surface area contributed by atoms with E-state index in [1.165, 1.54) is 5.56 Å². The lowest BCUT2D eigenvalue weighted by atomic mass is 9.76. The van der Waals surface area contributed by atoms with E-state index in [2.05, 4.69) is 17.4 Å². The fraction of sp³-hybridized carbons (Fsp3) is 0.533. The molecule has 0 aromatic heterocycles. The number of hydrogen-bond donors (Lipinski definition) is 1. The van der Waals surface area contributed by atoms with Crippen molar-refractivity contribution in [3.63, 3.8) is 0 Å². The molecule has 1 aliphatic rings. The summed E-state index contributed by atoms with van der Waals surface area (Å²) in [4.78, 5) is 13.1. The molecule has 0 saturated heterocycles. The Balaban J connectivity index is 1.78. The molecule has 0 spiro atoms. The number of nitrogens with one attached hydrogen (secondary N) is 1. The summed E-state index contributed by atoms with van der Waals surface area (Å²) in [5, 5.41) is 3.31. The summed E-state index contributed by atoms with van der Waals surface area (Å²) in [6.45, 7) is 0.433. The van der Waals surface area contributed by atoms with E-state index in [-0.39, 0.29) is 5.91 Å². The van der Waals surface area contributed by atoms with Crippen LogP contribution in [0.5, 0.6) is 5.75 Å². The molecule has 4 heteroatoms. The highest BCUT2D eigenvalue weighted by Crippen LogP contribution is 2.37. The zero-order valence-corrected chi connectivity index (χ0v) is 11.8. The lowest BCUT2D eigenvalue weighted by Crippen LogP contribution is -2.44. The highest BCUT2D eigenvalue weighted by Gasteiger charge is 2.30. The standard InChI is InChI=1S/C15H22N2O2/c1-17(2)15(18)10-16-13-7-12(8-13)11-5-4-6-14(9-11)19-3/h4-6,9,12-13,16H,7-8,10H2,1-3H3. The largest absolute Gasteiger partial charge is 0.497 e. The molecule has 1 saturated carbocycles. The lowest BCUT2D eigenvalue weighted by molar-refractivity contribution is -0.128. The Hall–Kier alpha value is -1.55. The predicted octanol–water partition coefficient (Wildman–Crippen LogP) is 1.62. The molecule has 1 fully saturated rings. The van der Waals surface area contributed by atoms with Crippen molar-refractivity contribution in [2.24, 2.45) is 0 Å². The molecule has 1 aromatic rings. The van der Waals surface area contributed by atoms with E-state index in [1.807, 2.05) is 12.1 Å². The van der Waals surface area contributed by atoms with E-state index in [0.717, 1.165) is 18.6 Å². The van der Waals surface area contributed by atoms with Gasteiger partial charge in [-0.1, -0.05) is 12.1 Å². The van der Waals surface area contributed by atoms with Crippen molar-refractivity contribution in [3.8, 4) is 5.75 Å². The zero-order valence-electron chi connectivity index (χ0n) is 11.8. The number of likely N-dealkylation sites (N-methyl/N-ethyl adjacent to an activating group) is 1. The van der Waals surface area contributed by atoms with Gasteiger partial charge in [-0.3, -0.25) is 4.79 Å². The molecule has 0 aliphatic heterocycles. The molecule has 1 aromatic carbocycles. The van der Waals surface area contributed by atoms with Crippen molar-refractivity contribution in [3.05, 3.63) is 29.8 Å². The van der Waals surface area contributed by atoms with Crippen LogP contribution in [0.3, 0.4) is 0 Å². The van der Waals surface area contributed by atoms with E-state index >= 15 is 0 Å². The van der Waals surface area contributed by atoms with Gasteiger partial charge in [-0.15, -0.1) is 0 Å². The Morgan fingerprint density at radius 3 is 2.79 bits per heavy atom. The van der Waals surface area contributed by atoms with Crippen molar-refractivity contribution >= 4 is 5.91 Å². The summed E-state index contributed by atoms with van der Waals surface area (Å²) in [6.07, 6.45) is 2.18. The van der Waals surface area contributed by atoms with Gasteiger partial charge < -0.3 is 15.0 Å². The Morgan fingerprint density at radius 2 is 2.16 bits per heavy atom. The molecular weight excluding hydrogens is 240 g/mol. The third-order valence-electron chi connectivity index (χ3n) is 3.74. The Morgan fingerprint density at radius 1 is 1.42 bits per heavy atom. The SMILES string of the molecule is COc1cccc(C2CC(NCC(=O)N(C)C)C2)c1. The van der Waals surface area contributed by atoms with Gasteiger partial charge in [-0.05, 0) is 36.5 Å². The first-order chi connectivity index (χ1) is 9.10. The van der Waals surface area contributed by atoms with Crippen molar-refractivity contribution in [2.75, 3.05) is 27.7 Å². The topological polar surface area (TPSA) is 41.6 Å². The molecule has 104 valence electrons. The van der Waals surface area contributed by atoms with Crippen LogP contribution in [0.15, 0.2) is 24.3 Å². The fourth-order valence-corrected chi connectivity index (χ4v) is 2.34. The second-order valence-corrected chi connectivity index (χ2v) is 5.31. The summed E-state index contributed by atoms with van der Waals surface area (Å²) in [6, 6.07) is 8.71. The second-order valence-electron chi connectivity index (χ2n) is 5.31. The van der Waals surface area contributed by atoms with Crippen LogP contribution in [-0.2, 0) is 4.79 Å². The summed E-state index contributed by atoms with van der Waals surface area (Å²) in [5.41, 5.74) is 1.33. The first kappa shape index (κ1) is 13.9. The number of ether oxygens (including phenoxy) is 1. The maximum absolute atomic E-state index is 11.5. The molecule has 19 heavy (non-hydrogen) atoms. The van der Waals surface area contributed by atoms with Crippen LogP contribution in [0, 0.1) is 0 Å². The van der Waals surface area contributed by atoms with Crippen LogP contribution < -0.4 is 10.1 Å². The first-order valence-corrected chi connectivity index (χ1v) is 6.67. The third kappa shape index (κ3) is 3.47. The van der Waals surface area contributed by atoms with Gasteiger partial charge in [0.05, 0.1) is 13.7 Å². The highest BCUT2D eigenvalue weighted by molar-refractivity contribution is 5.77. The molecule has 2 rings (SSSR count). The average Bonchev–Trinajstić information content (AvgIpc) is 2.36. The van der Waals surface area contributed by atoms with E-state index in [1.54, 1.807) is 26.1 Å². The Bertz CT molecular complexity index is 440. The number of nitrogens with zero attached hydrogens (tertiary/aromatic N) is 1. The van der Waals surface area contributed by atoms with Crippen LogP contribution in [0.2, 0.25) is 0 Å². The van der Waals surface area contributed by atoms with E-state index in [4.69, 9.17) is 4.74 Å². The lowest BCUT2D eigenvalue weighted by Gasteiger charge is -2.36. The molecule has 4 nitrogen and oxygen atoms in total. The number of rotatable bonds is 5. The summed E-state index contributed by atoms with van der Waals surface area (Å²) in [7, 11) is 5.25. The van der Waals surface area contributed by atoms with Gasteiger partial charge in [0, 0.05) is 20.1 Å². The van der Waals surface area contributed by atoms with Crippen molar-refractivity contribution < 1.29 is 9.53 Å². The quantitative estimate of drug-likeness (QED) is 0.876. The minimum absolute atomic E-state index is 0.129. The van der Waals surface area contributed by atoms with Gasteiger partial charge in [-0.2, -0.15) is 0 Å². The van der Waals surface area contributed by atoms with Crippen LogP contribution in [0.1, 0.15) is 24.3 Å². The van der Waals surface area contributed by atoms with Crippen molar-refractivity contribution in [2.45, 2.75) is 24.8 Å².